The third-order valence-corrected chi connectivity index (χ3v) is 1.98. The van der Waals surface area contributed by atoms with Crippen molar-refractivity contribution in [1.82, 2.24) is 25.5 Å². The van der Waals surface area contributed by atoms with Crippen molar-refractivity contribution in [3.63, 3.8) is 0 Å². The van der Waals surface area contributed by atoms with Crippen molar-refractivity contribution in [2.45, 2.75) is 19.8 Å². The summed E-state index contributed by atoms with van der Waals surface area (Å²) < 4.78 is 0. The van der Waals surface area contributed by atoms with Crippen LogP contribution in [0.3, 0.4) is 0 Å². The Morgan fingerprint density at radius 3 is 2.87 bits per heavy atom. The van der Waals surface area contributed by atoms with E-state index >= 15 is 0 Å². The molecule has 0 aliphatic heterocycles. The summed E-state index contributed by atoms with van der Waals surface area (Å²) in [7, 11) is 0. The molecule has 0 fully saturated rings. The Hall–Kier alpha value is -1.50. The molecule has 0 saturated heterocycles. The third kappa shape index (κ3) is 3.28. The van der Waals surface area contributed by atoms with Gasteiger partial charge in [0.15, 0.2) is 0 Å². The first-order valence-electron chi connectivity index (χ1n) is 4.93. The van der Waals surface area contributed by atoms with Gasteiger partial charge in [0.2, 0.25) is 0 Å². The van der Waals surface area contributed by atoms with Gasteiger partial charge in [-0.1, -0.05) is 13.3 Å². The number of H-pyrrole nitrogens is 1. The quantitative estimate of drug-likeness (QED) is 0.660. The number of nitrogens with zero attached hydrogens (tertiary/aromatic N) is 4. The lowest BCUT2D eigenvalue weighted by Gasteiger charge is -2.19. The molecule has 7 nitrogen and oxygen atoms in total. The maximum Gasteiger partial charge on any atom is 0.295 e. The van der Waals surface area contributed by atoms with Gasteiger partial charge in [-0.3, -0.25) is 4.79 Å². The van der Waals surface area contributed by atoms with E-state index in [4.69, 9.17) is 5.11 Å². The number of tetrazole rings is 1. The largest absolute Gasteiger partial charge is 0.395 e. The summed E-state index contributed by atoms with van der Waals surface area (Å²) in [5, 5.41) is 21.6. The Morgan fingerprint density at radius 1 is 1.53 bits per heavy atom. The van der Waals surface area contributed by atoms with Crippen molar-refractivity contribution in [2.75, 3.05) is 19.7 Å². The zero-order valence-corrected chi connectivity index (χ0v) is 8.68. The number of unbranched alkanes of at least 4 members (excludes halogenated alkanes) is 1. The Balaban J connectivity index is 2.58. The minimum Gasteiger partial charge on any atom is -0.395 e. The number of rotatable bonds is 6. The summed E-state index contributed by atoms with van der Waals surface area (Å²) in [6, 6.07) is 0. The van der Waals surface area contributed by atoms with Crippen molar-refractivity contribution in [3.05, 3.63) is 5.82 Å². The van der Waals surface area contributed by atoms with Gasteiger partial charge >= 0.3 is 0 Å². The smallest absolute Gasteiger partial charge is 0.295 e. The molecule has 0 aliphatic rings. The summed E-state index contributed by atoms with van der Waals surface area (Å²) >= 11 is 0. The van der Waals surface area contributed by atoms with Crippen LogP contribution in [0.2, 0.25) is 0 Å². The number of carbonyl (C=O) groups is 1. The maximum absolute atomic E-state index is 11.7. The van der Waals surface area contributed by atoms with Gasteiger partial charge in [-0.15, -0.1) is 10.2 Å². The van der Waals surface area contributed by atoms with Crippen LogP contribution in [0.15, 0.2) is 0 Å². The molecular weight excluding hydrogens is 198 g/mol. The van der Waals surface area contributed by atoms with E-state index in [0.29, 0.717) is 13.1 Å². The average molecular weight is 213 g/mol. The molecule has 2 N–H and O–H groups in total. The lowest BCUT2D eigenvalue weighted by Crippen LogP contribution is -2.35. The Labute approximate surface area is 87.5 Å². The zero-order valence-electron chi connectivity index (χ0n) is 8.68. The highest BCUT2D eigenvalue weighted by Crippen LogP contribution is 2.00. The first-order chi connectivity index (χ1) is 7.29. The van der Waals surface area contributed by atoms with Gasteiger partial charge < -0.3 is 10.0 Å². The maximum atomic E-state index is 11.7. The molecule has 0 atom stereocenters. The fraction of sp³-hybridized carbons (Fsp3) is 0.750. The number of aromatic nitrogens is 4. The summed E-state index contributed by atoms with van der Waals surface area (Å²) in [6.07, 6.45) is 1.88. The molecule has 1 aromatic heterocycles. The van der Waals surface area contributed by atoms with E-state index in [2.05, 4.69) is 20.6 Å². The standard InChI is InChI=1S/C8H15N5O2/c1-2-3-4-13(5-6-14)8(15)7-9-11-12-10-7/h14H,2-6H2,1H3,(H,9,10,11,12). The van der Waals surface area contributed by atoms with Crippen LogP contribution < -0.4 is 0 Å². The zero-order chi connectivity index (χ0) is 11.1. The molecule has 0 aliphatic carbocycles. The summed E-state index contributed by atoms with van der Waals surface area (Å²) in [6.45, 7) is 2.88. The number of hydrogen-bond donors (Lipinski definition) is 2. The van der Waals surface area contributed by atoms with Gasteiger partial charge in [0, 0.05) is 13.1 Å². The number of carbonyl (C=O) groups excluding carboxylic acids is 1. The van der Waals surface area contributed by atoms with Crippen molar-refractivity contribution in [1.29, 1.82) is 0 Å². The number of hydrogen-bond acceptors (Lipinski definition) is 5. The topological polar surface area (TPSA) is 95.0 Å². The van der Waals surface area contributed by atoms with Gasteiger partial charge in [-0.2, -0.15) is 5.21 Å². The van der Waals surface area contributed by atoms with Gasteiger partial charge in [0.1, 0.15) is 0 Å². The summed E-state index contributed by atoms with van der Waals surface area (Å²) in [4.78, 5) is 13.3. The van der Waals surface area contributed by atoms with Gasteiger partial charge in [0.25, 0.3) is 11.7 Å². The summed E-state index contributed by atoms with van der Waals surface area (Å²) in [5.74, 6) is -0.259. The lowest BCUT2D eigenvalue weighted by atomic mass is 10.3. The van der Waals surface area contributed by atoms with E-state index in [1.165, 1.54) is 4.90 Å². The SMILES string of the molecule is CCCCN(CCO)C(=O)c1nn[nH]n1. The van der Waals surface area contributed by atoms with E-state index in [9.17, 15) is 4.79 Å². The molecule has 0 bridgehead atoms. The second-order valence-corrected chi connectivity index (χ2v) is 3.10. The van der Waals surface area contributed by atoms with Crippen molar-refractivity contribution in [2.24, 2.45) is 0 Å². The van der Waals surface area contributed by atoms with Crippen LogP contribution in [-0.2, 0) is 0 Å². The lowest BCUT2D eigenvalue weighted by molar-refractivity contribution is 0.0707. The molecule has 0 aromatic carbocycles. The normalized spacial score (nSPS) is 10.3. The van der Waals surface area contributed by atoms with Crippen LogP contribution in [0.1, 0.15) is 30.4 Å². The van der Waals surface area contributed by atoms with Crippen LogP contribution in [-0.4, -0.2) is 56.2 Å². The van der Waals surface area contributed by atoms with Crippen LogP contribution in [0.4, 0.5) is 0 Å². The number of amides is 1. The van der Waals surface area contributed by atoms with Crippen molar-refractivity contribution < 1.29 is 9.90 Å². The van der Waals surface area contributed by atoms with E-state index < -0.39 is 0 Å². The number of aliphatic hydroxyl groups is 1. The average Bonchev–Trinajstić information content (AvgIpc) is 2.76. The van der Waals surface area contributed by atoms with Crippen LogP contribution in [0.25, 0.3) is 0 Å². The molecule has 0 spiro atoms. The van der Waals surface area contributed by atoms with Gasteiger partial charge in [0.05, 0.1) is 6.61 Å². The van der Waals surface area contributed by atoms with Gasteiger partial charge in [-0.25, -0.2) is 0 Å². The van der Waals surface area contributed by atoms with Gasteiger partial charge in [-0.05, 0) is 11.6 Å². The second-order valence-electron chi connectivity index (χ2n) is 3.10. The minimum atomic E-state index is -0.300. The fourth-order valence-electron chi connectivity index (χ4n) is 1.18. The molecular formula is C8H15N5O2. The Kier molecular flexibility index (Phi) is 4.69. The molecule has 7 heteroatoms. The van der Waals surface area contributed by atoms with Crippen molar-refractivity contribution in [3.8, 4) is 0 Å². The van der Waals surface area contributed by atoms with E-state index in [0.717, 1.165) is 12.8 Å². The second kappa shape index (κ2) is 6.07. The van der Waals surface area contributed by atoms with E-state index in [1.54, 1.807) is 0 Å². The Morgan fingerprint density at radius 2 is 2.33 bits per heavy atom. The molecule has 15 heavy (non-hydrogen) atoms. The predicted molar refractivity (Wildman–Crippen MR) is 52.1 cm³/mol. The fourth-order valence-corrected chi connectivity index (χ4v) is 1.18. The molecule has 84 valence electrons. The number of aromatic amines is 1. The van der Waals surface area contributed by atoms with Crippen molar-refractivity contribution >= 4 is 5.91 Å². The third-order valence-electron chi connectivity index (χ3n) is 1.98. The molecule has 1 rings (SSSR count). The minimum absolute atomic E-state index is 0.0413. The first kappa shape index (κ1) is 11.6. The highest BCUT2D eigenvalue weighted by atomic mass is 16.3. The first-order valence-corrected chi connectivity index (χ1v) is 4.93. The molecule has 0 unspecified atom stereocenters. The van der Waals surface area contributed by atoms with E-state index in [-0.39, 0.29) is 18.3 Å². The van der Waals surface area contributed by atoms with E-state index in [1.807, 2.05) is 6.92 Å². The summed E-state index contributed by atoms with van der Waals surface area (Å²) in [5.41, 5.74) is 0. The highest BCUT2D eigenvalue weighted by molar-refractivity contribution is 5.90. The molecule has 1 heterocycles. The molecule has 1 amide bonds. The molecule has 0 radical (unpaired) electrons. The number of nitrogens with one attached hydrogen (secondary N) is 1. The van der Waals surface area contributed by atoms with Crippen LogP contribution in [0.5, 0.6) is 0 Å². The number of aliphatic hydroxyl groups excluding tert-OH is 1. The highest BCUT2D eigenvalue weighted by Gasteiger charge is 2.18. The molecule has 1 aromatic rings. The molecule has 0 saturated carbocycles. The predicted octanol–water partition coefficient (Wildman–Crippen LogP) is -0.566. The van der Waals surface area contributed by atoms with Crippen LogP contribution >= 0.6 is 0 Å². The Bertz CT molecular complexity index is 287. The monoisotopic (exact) mass is 213 g/mol. The van der Waals surface area contributed by atoms with Crippen LogP contribution in [0, 0.1) is 0 Å².